The first-order chi connectivity index (χ1) is 19.0. The largest absolute Gasteiger partial charge is 0.463 e. The van der Waals surface area contributed by atoms with Gasteiger partial charge in [0.05, 0.1) is 23.8 Å². The lowest BCUT2D eigenvalue weighted by Crippen LogP contribution is -2.53. The van der Waals surface area contributed by atoms with Gasteiger partial charge in [0.1, 0.15) is 5.82 Å². The summed E-state index contributed by atoms with van der Waals surface area (Å²) in [6.07, 6.45) is -4.47. The SMILES string of the molecule is CCOC(=O)C1=C(CN2CCN(C(=O)Nc3ccc(C(F)(F)F)cc3)CC2)N(C)C(=O)NC1c1cccc(F)c1. The molecule has 4 rings (SSSR count). The number of halogens is 4. The van der Waals surface area contributed by atoms with Crippen LogP contribution in [0.5, 0.6) is 0 Å². The standard InChI is InChI=1S/C27H29F4N5O4/c1-3-40-24(37)22-21(34(2)25(38)33-23(22)17-5-4-6-19(28)15-17)16-35-11-13-36(14-12-35)26(39)32-20-9-7-18(8-10-20)27(29,30)31/h4-10,15,23H,3,11-14,16H2,1-2H3,(H,32,39)(H,33,38). The number of carbonyl (C=O) groups is 3. The van der Waals surface area contributed by atoms with Crippen LogP contribution in [0.3, 0.4) is 0 Å². The smallest absolute Gasteiger partial charge is 0.416 e. The van der Waals surface area contributed by atoms with E-state index >= 15 is 0 Å². The number of benzene rings is 2. The molecule has 40 heavy (non-hydrogen) atoms. The molecule has 4 amide bonds. The number of piperazine rings is 1. The summed E-state index contributed by atoms with van der Waals surface area (Å²) >= 11 is 0. The van der Waals surface area contributed by atoms with Gasteiger partial charge in [0.2, 0.25) is 0 Å². The van der Waals surface area contributed by atoms with Crippen LogP contribution in [0.4, 0.5) is 32.8 Å². The zero-order valence-electron chi connectivity index (χ0n) is 21.9. The number of hydrogen-bond donors (Lipinski definition) is 2. The van der Waals surface area contributed by atoms with E-state index in [4.69, 9.17) is 4.74 Å². The van der Waals surface area contributed by atoms with E-state index in [1.807, 2.05) is 4.90 Å². The Kier molecular flexibility index (Phi) is 8.62. The van der Waals surface area contributed by atoms with Crippen molar-refractivity contribution in [3.05, 3.63) is 76.7 Å². The predicted molar refractivity (Wildman–Crippen MR) is 138 cm³/mol. The Morgan fingerprint density at radius 3 is 2.35 bits per heavy atom. The molecule has 1 unspecified atom stereocenters. The van der Waals surface area contributed by atoms with Gasteiger partial charge in [0.25, 0.3) is 0 Å². The van der Waals surface area contributed by atoms with E-state index in [9.17, 15) is 31.9 Å². The second kappa shape index (κ2) is 11.9. The van der Waals surface area contributed by atoms with E-state index in [2.05, 4.69) is 10.6 Å². The van der Waals surface area contributed by atoms with Gasteiger partial charge in [0, 0.05) is 51.2 Å². The van der Waals surface area contributed by atoms with Gasteiger partial charge in [-0.25, -0.2) is 18.8 Å². The van der Waals surface area contributed by atoms with Gasteiger partial charge >= 0.3 is 24.2 Å². The Bertz CT molecular complexity index is 1290. The van der Waals surface area contributed by atoms with Gasteiger partial charge in [-0.3, -0.25) is 9.80 Å². The molecule has 0 spiro atoms. The summed E-state index contributed by atoms with van der Waals surface area (Å²) in [7, 11) is 1.53. The van der Waals surface area contributed by atoms with Gasteiger partial charge in [-0.05, 0) is 48.9 Å². The molecule has 0 saturated carbocycles. The van der Waals surface area contributed by atoms with Gasteiger partial charge in [-0.2, -0.15) is 13.2 Å². The van der Waals surface area contributed by atoms with Crippen molar-refractivity contribution in [2.24, 2.45) is 0 Å². The maximum atomic E-state index is 14.0. The van der Waals surface area contributed by atoms with E-state index in [0.717, 1.165) is 12.1 Å². The number of esters is 1. The van der Waals surface area contributed by atoms with E-state index < -0.39 is 41.6 Å². The zero-order valence-corrected chi connectivity index (χ0v) is 21.9. The first-order valence-electron chi connectivity index (χ1n) is 12.6. The molecule has 0 radical (unpaired) electrons. The molecule has 2 aromatic rings. The number of carbonyl (C=O) groups excluding carboxylic acids is 3. The van der Waals surface area contributed by atoms with Crippen LogP contribution >= 0.6 is 0 Å². The molecule has 1 saturated heterocycles. The highest BCUT2D eigenvalue weighted by Gasteiger charge is 2.38. The number of rotatable bonds is 6. The van der Waals surface area contributed by atoms with Gasteiger partial charge in [-0.1, -0.05) is 12.1 Å². The number of anilines is 1. The summed E-state index contributed by atoms with van der Waals surface area (Å²) in [6, 6.07) is 7.98. The fourth-order valence-corrected chi connectivity index (χ4v) is 4.60. The van der Waals surface area contributed by atoms with Crippen LogP contribution in [0.1, 0.15) is 24.1 Å². The van der Waals surface area contributed by atoms with Crippen LogP contribution in [0.25, 0.3) is 0 Å². The minimum atomic E-state index is -4.47. The van der Waals surface area contributed by atoms with Crippen LogP contribution < -0.4 is 10.6 Å². The van der Waals surface area contributed by atoms with Crippen molar-refractivity contribution in [2.75, 3.05) is 51.7 Å². The fraction of sp³-hybridized carbons (Fsp3) is 0.370. The van der Waals surface area contributed by atoms with Crippen molar-refractivity contribution in [2.45, 2.75) is 19.1 Å². The molecule has 2 aliphatic heterocycles. The Morgan fingerprint density at radius 1 is 1.07 bits per heavy atom. The molecule has 0 bridgehead atoms. The number of likely N-dealkylation sites (N-methyl/N-ethyl adjacent to an activating group) is 1. The minimum Gasteiger partial charge on any atom is -0.463 e. The second-order valence-corrected chi connectivity index (χ2v) is 9.35. The number of urea groups is 2. The molecule has 0 aliphatic carbocycles. The highest BCUT2D eigenvalue weighted by Crippen LogP contribution is 2.32. The summed E-state index contributed by atoms with van der Waals surface area (Å²) < 4.78 is 57.6. The van der Waals surface area contributed by atoms with Gasteiger partial charge in [0.15, 0.2) is 0 Å². The third-order valence-corrected chi connectivity index (χ3v) is 6.75. The van der Waals surface area contributed by atoms with Crippen molar-refractivity contribution in [3.8, 4) is 0 Å². The molecule has 214 valence electrons. The van der Waals surface area contributed by atoms with Crippen molar-refractivity contribution >= 4 is 23.7 Å². The highest BCUT2D eigenvalue weighted by molar-refractivity contribution is 5.95. The molecule has 1 atom stereocenters. The minimum absolute atomic E-state index is 0.107. The molecule has 0 aromatic heterocycles. The zero-order chi connectivity index (χ0) is 29.0. The van der Waals surface area contributed by atoms with Crippen LogP contribution in [0.2, 0.25) is 0 Å². The van der Waals surface area contributed by atoms with Crippen LogP contribution in [0, 0.1) is 5.82 Å². The molecule has 2 aliphatic rings. The number of amides is 4. The quantitative estimate of drug-likeness (QED) is 0.406. The summed E-state index contributed by atoms with van der Waals surface area (Å²) in [5.74, 6) is -1.14. The molecule has 13 heteroatoms. The average molecular weight is 564 g/mol. The topological polar surface area (TPSA) is 94.2 Å². The molecule has 2 N–H and O–H groups in total. The summed E-state index contributed by atoms with van der Waals surface area (Å²) in [5.41, 5.74) is 0.419. The molecular weight excluding hydrogens is 534 g/mol. The first-order valence-corrected chi connectivity index (χ1v) is 12.6. The number of nitrogens with one attached hydrogen (secondary N) is 2. The number of ether oxygens (including phenoxy) is 1. The molecule has 2 aromatic carbocycles. The number of nitrogens with zero attached hydrogens (tertiary/aromatic N) is 3. The van der Waals surface area contributed by atoms with Crippen molar-refractivity contribution in [1.29, 1.82) is 0 Å². The predicted octanol–water partition coefficient (Wildman–Crippen LogP) is 4.21. The summed E-state index contributed by atoms with van der Waals surface area (Å²) in [6.45, 7) is 3.37. The summed E-state index contributed by atoms with van der Waals surface area (Å²) in [5, 5.41) is 5.35. The van der Waals surface area contributed by atoms with E-state index in [1.54, 1.807) is 13.0 Å². The van der Waals surface area contributed by atoms with E-state index in [1.165, 1.54) is 47.2 Å². The van der Waals surface area contributed by atoms with Gasteiger partial charge in [-0.15, -0.1) is 0 Å². The Hall–Kier alpha value is -4.13. The van der Waals surface area contributed by atoms with Crippen molar-refractivity contribution in [3.63, 3.8) is 0 Å². The molecule has 1 fully saturated rings. The number of hydrogen-bond acceptors (Lipinski definition) is 5. The summed E-state index contributed by atoms with van der Waals surface area (Å²) in [4.78, 5) is 43.4. The second-order valence-electron chi connectivity index (χ2n) is 9.35. The average Bonchev–Trinajstić information content (AvgIpc) is 2.91. The Morgan fingerprint density at radius 2 is 1.75 bits per heavy atom. The first kappa shape index (κ1) is 28.9. The van der Waals surface area contributed by atoms with Crippen molar-refractivity contribution in [1.82, 2.24) is 20.0 Å². The van der Waals surface area contributed by atoms with Gasteiger partial charge < -0.3 is 20.3 Å². The Balaban J connectivity index is 1.47. The molecule has 9 nitrogen and oxygen atoms in total. The molecule has 2 heterocycles. The fourth-order valence-electron chi connectivity index (χ4n) is 4.60. The lowest BCUT2D eigenvalue weighted by Gasteiger charge is -2.39. The Labute approximate surface area is 228 Å². The van der Waals surface area contributed by atoms with Crippen molar-refractivity contribution < 1.29 is 36.7 Å². The van der Waals surface area contributed by atoms with Crippen LogP contribution in [-0.4, -0.2) is 79.1 Å². The maximum absolute atomic E-state index is 14.0. The monoisotopic (exact) mass is 563 g/mol. The third kappa shape index (κ3) is 6.53. The third-order valence-electron chi connectivity index (χ3n) is 6.75. The lowest BCUT2D eigenvalue weighted by atomic mass is 9.94. The maximum Gasteiger partial charge on any atom is 0.416 e. The highest BCUT2D eigenvalue weighted by atomic mass is 19.4. The number of alkyl halides is 3. The van der Waals surface area contributed by atoms with Crippen LogP contribution in [0.15, 0.2) is 59.8 Å². The normalized spacial score (nSPS) is 18.4. The lowest BCUT2D eigenvalue weighted by molar-refractivity contribution is -0.139. The molecular formula is C27H29F4N5O4. The van der Waals surface area contributed by atoms with E-state index in [0.29, 0.717) is 37.4 Å². The van der Waals surface area contributed by atoms with Crippen LogP contribution in [-0.2, 0) is 15.7 Å². The van der Waals surface area contributed by atoms with E-state index in [-0.39, 0.29) is 24.4 Å².